The highest BCUT2D eigenvalue weighted by Gasteiger charge is 2.17. The van der Waals surface area contributed by atoms with E-state index in [9.17, 15) is 8.42 Å². The molecule has 0 radical (unpaired) electrons. The number of sulfonamides is 1. The van der Waals surface area contributed by atoms with E-state index < -0.39 is 10.0 Å². The molecule has 0 amide bonds. The molecule has 0 spiro atoms. The number of ether oxygens (including phenoxy) is 1. The fraction of sp³-hybridized carbons (Fsp3) is 0.429. The number of aliphatic hydroxyl groups excluding tert-OH is 1. The minimum absolute atomic E-state index is 0.186. The number of benzene rings is 1. The van der Waals surface area contributed by atoms with E-state index in [2.05, 4.69) is 16.6 Å². The molecule has 1 rings (SSSR count). The van der Waals surface area contributed by atoms with E-state index in [1.54, 1.807) is 26.0 Å². The van der Waals surface area contributed by atoms with Crippen molar-refractivity contribution in [3.63, 3.8) is 0 Å². The van der Waals surface area contributed by atoms with Crippen molar-refractivity contribution < 1.29 is 18.3 Å². The molecule has 1 atom stereocenters. The minimum atomic E-state index is -3.60. The molecule has 0 aromatic heterocycles. The Balaban J connectivity index is 3.04. The van der Waals surface area contributed by atoms with E-state index in [-0.39, 0.29) is 24.2 Å². The second-order valence-electron chi connectivity index (χ2n) is 4.34. The van der Waals surface area contributed by atoms with E-state index in [4.69, 9.17) is 9.84 Å². The van der Waals surface area contributed by atoms with Gasteiger partial charge in [0.05, 0.1) is 11.0 Å². The van der Waals surface area contributed by atoms with Crippen LogP contribution in [-0.2, 0) is 14.8 Å². The van der Waals surface area contributed by atoms with Crippen molar-refractivity contribution in [3.05, 3.63) is 29.3 Å². The molecule has 1 aromatic carbocycles. The summed E-state index contributed by atoms with van der Waals surface area (Å²) in [6.45, 7) is 3.43. The van der Waals surface area contributed by atoms with Crippen LogP contribution in [0.15, 0.2) is 23.1 Å². The van der Waals surface area contributed by atoms with Crippen LogP contribution in [0.5, 0.6) is 0 Å². The highest BCUT2D eigenvalue weighted by atomic mass is 32.2. The topological polar surface area (TPSA) is 75.6 Å². The van der Waals surface area contributed by atoms with E-state index in [1.807, 2.05) is 0 Å². The number of hydrogen-bond donors (Lipinski definition) is 2. The maximum absolute atomic E-state index is 12.2. The first-order valence-corrected chi connectivity index (χ1v) is 7.62. The molecule has 2 N–H and O–H groups in total. The summed E-state index contributed by atoms with van der Waals surface area (Å²) < 4.78 is 32.0. The Morgan fingerprint density at radius 3 is 2.75 bits per heavy atom. The number of aryl methyl sites for hydroxylation is 1. The monoisotopic (exact) mass is 297 g/mol. The third-order valence-electron chi connectivity index (χ3n) is 2.75. The van der Waals surface area contributed by atoms with Crippen molar-refractivity contribution in [1.29, 1.82) is 0 Å². The van der Waals surface area contributed by atoms with Gasteiger partial charge in [-0.2, -0.15) is 0 Å². The maximum atomic E-state index is 12.2. The van der Waals surface area contributed by atoms with E-state index in [0.29, 0.717) is 11.1 Å². The summed E-state index contributed by atoms with van der Waals surface area (Å²) in [5.74, 6) is 5.19. The molecule has 0 aliphatic rings. The molecule has 0 aliphatic heterocycles. The molecule has 0 aliphatic carbocycles. The zero-order chi connectivity index (χ0) is 15.2. The van der Waals surface area contributed by atoms with Crippen LogP contribution in [0.2, 0.25) is 0 Å². The van der Waals surface area contributed by atoms with Crippen molar-refractivity contribution in [2.45, 2.75) is 24.8 Å². The first kappa shape index (κ1) is 16.7. The van der Waals surface area contributed by atoms with Gasteiger partial charge in [0.15, 0.2) is 0 Å². The molecule has 1 aromatic rings. The van der Waals surface area contributed by atoms with Gasteiger partial charge < -0.3 is 9.84 Å². The molecule has 110 valence electrons. The summed E-state index contributed by atoms with van der Waals surface area (Å²) in [5, 5.41) is 8.67. The first-order chi connectivity index (χ1) is 9.40. The van der Waals surface area contributed by atoms with Crippen LogP contribution in [0.1, 0.15) is 18.1 Å². The standard InChI is InChI=1S/C14H19NO4S/c1-11-6-7-13(5-4-8-16)9-14(11)20(17,18)15-10-12(2)19-3/h6-7,9,12,15-16H,8,10H2,1-3H3. The maximum Gasteiger partial charge on any atom is 0.240 e. The molecular weight excluding hydrogens is 278 g/mol. The Morgan fingerprint density at radius 1 is 1.45 bits per heavy atom. The fourth-order valence-electron chi connectivity index (χ4n) is 1.50. The third-order valence-corrected chi connectivity index (χ3v) is 4.32. The van der Waals surface area contributed by atoms with Gasteiger partial charge in [-0.3, -0.25) is 0 Å². The van der Waals surface area contributed by atoms with Gasteiger partial charge in [0.25, 0.3) is 0 Å². The summed E-state index contributed by atoms with van der Waals surface area (Å²) in [7, 11) is -2.08. The highest BCUT2D eigenvalue weighted by Crippen LogP contribution is 2.16. The quantitative estimate of drug-likeness (QED) is 0.783. The van der Waals surface area contributed by atoms with Crippen molar-refractivity contribution in [2.75, 3.05) is 20.3 Å². The lowest BCUT2D eigenvalue weighted by molar-refractivity contribution is 0.122. The summed E-state index contributed by atoms with van der Waals surface area (Å²) in [5.41, 5.74) is 1.18. The Hall–Kier alpha value is -1.39. The van der Waals surface area contributed by atoms with Crippen LogP contribution in [0, 0.1) is 18.8 Å². The number of hydrogen-bond acceptors (Lipinski definition) is 4. The predicted molar refractivity (Wildman–Crippen MR) is 76.8 cm³/mol. The molecular formula is C14H19NO4S. The van der Waals surface area contributed by atoms with Crippen LogP contribution in [-0.4, -0.2) is 39.9 Å². The molecule has 0 saturated carbocycles. The lowest BCUT2D eigenvalue weighted by Gasteiger charge is -2.13. The van der Waals surface area contributed by atoms with E-state index >= 15 is 0 Å². The summed E-state index contributed by atoms with van der Waals surface area (Å²) in [6, 6.07) is 4.91. The fourth-order valence-corrected chi connectivity index (χ4v) is 2.88. The van der Waals surface area contributed by atoms with Gasteiger partial charge >= 0.3 is 0 Å². The summed E-state index contributed by atoms with van der Waals surface area (Å²) in [6.07, 6.45) is -0.206. The summed E-state index contributed by atoms with van der Waals surface area (Å²) in [4.78, 5) is 0.186. The Morgan fingerprint density at radius 2 is 2.15 bits per heavy atom. The molecule has 0 saturated heterocycles. The predicted octanol–water partition coefficient (Wildman–Crippen LogP) is 0.652. The molecule has 1 unspecified atom stereocenters. The van der Waals surface area contributed by atoms with Gasteiger partial charge in [0.1, 0.15) is 6.61 Å². The van der Waals surface area contributed by atoms with Gasteiger partial charge in [-0.1, -0.05) is 17.9 Å². The highest BCUT2D eigenvalue weighted by molar-refractivity contribution is 7.89. The van der Waals surface area contributed by atoms with Crippen LogP contribution >= 0.6 is 0 Å². The number of nitrogens with one attached hydrogen (secondary N) is 1. The minimum Gasteiger partial charge on any atom is -0.384 e. The molecule has 6 heteroatoms. The summed E-state index contributed by atoms with van der Waals surface area (Å²) >= 11 is 0. The van der Waals surface area contributed by atoms with Gasteiger partial charge in [0, 0.05) is 19.2 Å². The van der Waals surface area contributed by atoms with Crippen LogP contribution in [0.25, 0.3) is 0 Å². The number of aliphatic hydroxyl groups is 1. The molecule has 0 bridgehead atoms. The normalized spacial score (nSPS) is 12.6. The lowest BCUT2D eigenvalue weighted by Crippen LogP contribution is -2.32. The zero-order valence-corrected chi connectivity index (χ0v) is 12.6. The number of methoxy groups -OCH3 is 1. The van der Waals surface area contributed by atoms with Crippen LogP contribution in [0.4, 0.5) is 0 Å². The van der Waals surface area contributed by atoms with Crippen molar-refractivity contribution in [2.24, 2.45) is 0 Å². The van der Waals surface area contributed by atoms with Crippen LogP contribution < -0.4 is 4.72 Å². The van der Waals surface area contributed by atoms with Crippen molar-refractivity contribution in [1.82, 2.24) is 4.72 Å². The van der Waals surface area contributed by atoms with Crippen LogP contribution in [0.3, 0.4) is 0 Å². The van der Waals surface area contributed by atoms with Crippen molar-refractivity contribution in [3.8, 4) is 11.8 Å². The third kappa shape index (κ3) is 4.62. The molecule has 20 heavy (non-hydrogen) atoms. The van der Waals surface area contributed by atoms with Crippen molar-refractivity contribution >= 4 is 10.0 Å². The number of rotatable bonds is 5. The first-order valence-electron chi connectivity index (χ1n) is 6.13. The Bertz CT molecular complexity index is 614. The lowest BCUT2D eigenvalue weighted by atomic mass is 10.1. The Kier molecular flexibility index (Phi) is 6.17. The van der Waals surface area contributed by atoms with E-state index in [1.165, 1.54) is 13.2 Å². The SMILES string of the molecule is COC(C)CNS(=O)(=O)c1cc(C#CCO)ccc1C. The van der Waals surface area contributed by atoms with Gasteiger partial charge in [-0.15, -0.1) is 0 Å². The van der Waals surface area contributed by atoms with Gasteiger partial charge in [-0.05, 0) is 31.5 Å². The average molecular weight is 297 g/mol. The van der Waals surface area contributed by atoms with Gasteiger partial charge in [-0.25, -0.2) is 13.1 Å². The van der Waals surface area contributed by atoms with Gasteiger partial charge in [0.2, 0.25) is 10.0 Å². The zero-order valence-electron chi connectivity index (χ0n) is 11.8. The molecule has 5 nitrogen and oxygen atoms in total. The second kappa shape index (κ2) is 7.41. The smallest absolute Gasteiger partial charge is 0.240 e. The largest absolute Gasteiger partial charge is 0.384 e. The molecule has 0 heterocycles. The van der Waals surface area contributed by atoms with E-state index in [0.717, 1.165) is 0 Å². The second-order valence-corrected chi connectivity index (χ2v) is 6.07. The molecule has 0 fully saturated rings. The average Bonchev–Trinajstić information content (AvgIpc) is 2.43. The Labute approximate surface area is 120 Å².